The number of carbonyl (C=O) groups excluding carboxylic acids is 2. The quantitative estimate of drug-likeness (QED) is 0.610. The van der Waals surface area contributed by atoms with Gasteiger partial charge in [-0.1, -0.05) is 30.3 Å². The lowest BCUT2D eigenvalue weighted by Gasteiger charge is -2.43. The number of hydrogen-bond acceptors (Lipinski definition) is 5. The van der Waals surface area contributed by atoms with E-state index in [1.807, 2.05) is 30.3 Å². The van der Waals surface area contributed by atoms with E-state index >= 15 is 0 Å². The van der Waals surface area contributed by atoms with E-state index < -0.39 is 29.6 Å². The molecule has 2 aliphatic heterocycles. The number of amides is 2. The van der Waals surface area contributed by atoms with E-state index in [-0.39, 0.29) is 12.3 Å². The van der Waals surface area contributed by atoms with Gasteiger partial charge in [0.05, 0.1) is 6.42 Å². The van der Waals surface area contributed by atoms with Crippen LogP contribution in [-0.2, 0) is 20.7 Å². The third kappa shape index (κ3) is 7.69. The highest BCUT2D eigenvalue weighted by atomic mass is 16.6. The van der Waals surface area contributed by atoms with E-state index in [0.717, 1.165) is 31.5 Å². The molecule has 1 atom stereocenters. The van der Waals surface area contributed by atoms with Crippen molar-refractivity contribution in [2.24, 2.45) is 11.8 Å². The van der Waals surface area contributed by atoms with Crippen LogP contribution in [0.4, 0.5) is 4.79 Å². The number of carbonyl (C=O) groups is 3. The monoisotopic (exact) mass is 487 g/mol. The summed E-state index contributed by atoms with van der Waals surface area (Å²) in [6.45, 7) is 8.57. The Kier molecular flexibility index (Phi) is 8.80. The molecular formula is C27H41N3O5. The Morgan fingerprint density at radius 2 is 1.51 bits per heavy atom. The second kappa shape index (κ2) is 11.4. The first-order valence-corrected chi connectivity index (χ1v) is 12.7. The molecule has 2 aliphatic rings. The van der Waals surface area contributed by atoms with Crippen LogP contribution in [0, 0.1) is 11.8 Å². The number of aliphatic carboxylic acids is 1. The Morgan fingerprint density at radius 1 is 0.971 bits per heavy atom. The van der Waals surface area contributed by atoms with Gasteiger partial charge < -0.3 is 25.0 Å². The van der Waals surface area contributed by atoms with Crippen molar-refractivity contribution in [2.45, 2.75) is 70.4 Å². The number of piperidine rings is 2. The molecule has 0 aliphatic carbocycles. The first-order valence-electron chi connectivity index (χ1n) is 12.7. The molecule has 2 fully saturated rings. The van der Waals surface area contributed by atoms with Crippen molar-refractivity contribution >= 4 is 18.0 Å². The third-order valence-electron chi connectivity index (χ3n) is 7.21. The molecule has 8 nitrogen and oxygen atoms in total. The van der Waals surface area contributed by atoms with Gasteiger partial charge in [-0.25, -0.2) is 4.79 Å². The summed E-state index contributed by atoms with van der Waals surface area (Å²) in [5.74, 6) is -0.242. The highest BCUT2D eigenvalue weighted by molar-refractivity contribution is 5.94. The van der Waals surface area contributed by atoms with E-state index in [4.69, 9.17) is 4.74 Å². The van der Waals surface area contributed by atoms with Gasteiger partial charge in [0.1, 0.15) is 11.1 Å². The number of likely N-dealkylation sites (tertiary alicyclic amines) is 2. The number of nitrogens with one attached hydrogen (secondary N) is 1. The highest BCUT2D eigenvalue weighted by Crippen LogP contribution is 2.33. The van der Waals surface area contributed by atoms with Crippen LogP contribution in [0.1, 0.15) is 58.4 Å². The minimum Gasteiger partial charge on any atom is -0.481 e. The highest BCUT2D eigenvalue weighted by Gasteiger charge is 2.46. The van der Waals surface area contributed by atoms with Gasteiger partial charge in [-0.15, -0.1) is 0 Å². The molecule has 0 saturated carbocycles. The van der Waals surface area contributed by atoms with E-state index in [2.05, 4.69) is 17.3 Å². The zero-order valence-corrected chi connectivity index (χ0v) is 21.6. The molecule has 0 unspecified atom stereocenters. The van der Waals surface area contributed by atoms with Gasteiger partial charge in [0.15, 0.2) is 0 Å². The largest absolute Gasteiger partial charge is 0.481 e. The van der Waals surface area contributed by atoms with Crippen LogP contribution in [0.3, 0.4) is 0 Å². The van der Waals surface area contributed by atoms with Gasteiger partial charge in [0, 0.05) is 19.5 Å². The second-order valence-electron chi connectivity index (χ2n) is 11.2. The van der Waals surface area contributed by atoms with Crippen LogP contribution >= 0.6 is 0 Å². The zero-order valence-electron chi connectivity index (χ0n) is 21.6. The summed E-state index contributed by atoms with van der Waals surface area (Å²) in [6.07, 6.45) is 2.95. The molecule has 2 heterocycles. The number of alkyl carbamates (subject to hydrolysis) is 1. The molecule has 0 aromatic heterocycles. The number of nitrogens with zero attached hydrogens (tertiary/aromatic N) is 2. The lowest BCUT2D eigenvalue weighted by Crippen LogP contribution is -2.63. The minimum absolute atomic E-state index is 0.0765. The van der Waals surface area contributed by atoms with Crippen molar-refractivity contribution in [1.82, 2.24) is 15.1 Å². The topological polar surface area (TPSA) is 99.2 Å². The van der Waals surface area contributed by atoms with Crippen molar-refractivity contribution < 1.29 is 24.2 Å². The first kappa shape index (κ1) is 27.0. The average molecular weight is 488 g/mol. The van der Waals surface area contributed by atoms with E-state index in [9.17, 15) is 19.5 Å². The van der Waals surface area contributed by atoms with Crippen LogP contribution in [0.15, 0.2) is 30.3 Å². The number of carboxylic acids is 1. The summed E-state index contributed by atoms with van der Waals surface area (Å²) in [4.78, 5) is 42.9. The molecule has 3 rings (SSSR count). The van der Waals surface area contributed by atoms with Gasteiger partial charge in [0.2, 0.25) is 5.91 Å². The smallest absolute Gasteiger partial charge is 0.408 e. The molecule has 194 valence electrons. The maximum absolute atomic E-state index is 14.0. The Hall–Kier alpha value is -2.61. The molecule has 0 spiro atoms. The van der Waals surface area contributed by atoms with E-state index in [0.29, 0.717) is 24.9 Å². The molecule has 2 amide bonds. The van der Waals surface area contributed by atoms with Gasteiger partial charge in [-0.3, -0.25) is 9.59 Å². The summed E-state index contributed by atoms with van der Waals surface area (Å²) in [6, 6.07) is 9.22. The van der Waals surface area contributed by atoms with Crippen molar-refractivity contribution in [3.63, 3.8) is 0 Å². The van der Waals surface area contributed by atoms with Crippen LogP contribution < -0.4 is 5.32 Å². The lowest BCUT2D eigenvalue weighted by molar-refractivity contribution is -0.148. The standard InChI is InChI=1S/C27H41N3O5/c1-26(2,3)35-25(34)28-27(19-23(31)32,18-20-8-6-5-7-9-20)24(33)30-16-12-22(13-17-30)21-10-14-29(4)15-11-21/h5-9,21-22H,10-19H2,1-4H3,(H,28,34)(H,31,32)/t27-/m0/s1. The predicted molar refractivity (Wildman–Crippen MR) is 134 cm³/mol. The molecule has 2 N–H and O–H groups in total. The summed E-state index contributed by atoms with van der Waals surface area (Å²) in [5, 5.41) is 12.5. The maximum atomic E-state index is 14.0. The minimum atomic E-state index is -1.63. The van der Waals surface area contributed by atoms with Gasteiger partial charge >= 0.3 is 12.1 Å². The summed E-state index contributed by atoms with van der Waals surface area (Å²) in [5.41, 5.74) is -1.63. The Morgan fingerprint density at radius 3 is 2.03 bits per heavy atom. The number of ether oxygens (including phenoxy) is 1. The van der Waals surface area contributed by atoms with Crippen molar-refractivity contribution in [1.29, 1.82) is 0 Å². The second-order valence-corrected chi connectivity index (χ2v) is 11.2. The van der Waals surface area contributed by atoms with E-state index in [1.54, 1.807) is 25.7 Å². The normalized spacial score (nSPS) is 20.2. The SMILES string of the molecule is CN1CCC(C2CCN(C(=O)[C@@](CC(=O)O)(Cc3ccccc3)NC(=O)OC(C)(C)C)CC2)CC1. The molecule has 1 aromatic rings. The molecule has 8 heteroatoms. The molecule has 0 bridgehead atoms. The van der Waals surface area contributed by atoms with Crippen molar-refractivity contribution in [2.75, 3.05) is 33.2 Å². The summed E-state index contributed by atoms with van der Waals surface area (Å²) in [7, 11) is 2.16. The molecule has 0 radical (unpaired) electrons. The van der Waals surface area contributed by atoms with Gasteiger partial charge in [-0.05, 0) is 84.0 Å². The first-order chi connectivity index (χ1) is 16.5. The predicted octanol–water partition coefficient (Wildman–Crippen LogP) is 3.55. The average Bonchev–Trinajstić information content (AvgIpc) is 2.78. The number of hydrogen-bond donors (Lipinski definition) is 2. The van der Waals surface area contributed by atoms with E-state index in [1.165, 1.54) is 12.8 Å². The Bertz CT molecular complexity index is 869. The Labute approximate surface area is 209 Å². The van der Waals surface area contributed by atoms with Crippen LogP contribution in [0.2, 0.25) is 0 Å². The fourth-order valence-electron chi connectivity index (χ4n) is 5.43. The van der Waals surface area contributed by atoms with Crippen LogP contribution in [0.5, 0.6) is 0 Å². The molecule has 35 heavy (non-hydrogen) atoms. The number of carboxylic acid groups (broad SMARTS) is 1. The molecule has 1 aromatic carbocycles. The number of rotatable bonds is 7. The van der Waals surface area contributed by atoms with Gasteiger partial charge in [-0.2, -0.15) is 0 Å². The number of benzene rings is 1. The maximum Gasteiger partial charge on any atom is 0.408 e. The fourth-order valence-corrected chi connectivity index (χ4v) is 5.43. The lowest BCUT2D eigenvalue weighted by atomic mass is 9.78. The van der Waals surface area contributed by atoms with Crippen molar-refractivity contribution in [3.8, 4) is 0 Å². The zero-order chi connectivity index (χ0) is 25.6. The summed E-state index contributed by atoms with van der Waals surface area (Å²) >= 11 is 0. The molecule has 2 saturated heterocycles. The summed E-state index contributed by atoms with van der Waals surface area (Å²) < 4.78 is 5.44. The van der Waals surface area contributed by atoms with Crippen LogP contribution in [0.25, 0.3) is 0 Å². The van der Waals surface area contributed by atoms with Gasteiger partial charge in [0.25, 0.3) is 0 Å². The Balaban J connectivity index is 1.80. The fraction of sp³-hybridized carbons (Fsp3) is 0.667. The molecular weight excluding hydrogens is 446 g/mol. The third-order valence-corrected chi connectivity index (χ3v) is 7.21. The van der Waals surface area contributed by atoms with Crippen molar-refractivity contribution in [3.05, 3.63) is 35.9 Å². The van der Waals surface area contributed by atoms with Crippen LogP contribution in [-0.4, -0.2) is 77.2 Å².